The smallest absolute Gasteiger partial charge is 0.786 e. The Morgan fingerprint density at radius 3 is 1.57 bits per heavy atom. The summed E-state index contributed by atoms with van der Waals surface area (Å²) in [5, 5.41) is 0. The molecule has 5 heteroatoms. The normalized spacial score (nSPS) is 8.57. The molecule has 0 aromatic heterocycles. The summed E-state index contributed by atoms with van der Waals surface area (Å²) >= 11 is 0. The third-order valence-electron chi connectivity index (χ3n) is 0.298. The Morgan fingerprint density at radius 1 is 1.29 bits per heavy atom. The Labute approximate surface area is 56.2 Å². The second-order valence-electron chi connectivity index (χ2n) is 0.589. The van der Waals surface area contributed by atoms with E-state index in [1.54, 1.807) is 0 Å². The van der Waals surface area contributed by atoms with Gasteiger partial charge in [0, 0.05) is 14.2 Å². The molecular weight excluding hydrogens is 110 g/mol. The SMILES string of the molecule is COP([O-])OC.[Li+]. The van der Waals surface area contributed by atoms with E-state index in [-0.39, 0.29) is 18.9 Å². The first-order valence-electron chi connectivity index (χ1n) is 1.36. The average molecular weight is 116 g/mol. The van der Waals surface area contributed by atoms with E-state index in [9.17, 15) is 4.89 Å². The maximum Gasteiger partial charge on any atom is 1.00 e. The largest absolute Gasteiger partial charge is 1.00 e. The van der Waals surface area contributed by atoms with Crippen LogP contribution in [-0.4, -0.2) is 14.2 Å². The van der Waals surface area contributed by atoms with E-state index in [2.05, 4.69) is 9.05 Å². The van der Waals surface area contributed by atoms with Crippen molar-refractivity contribution in [2.24, 2.45) is 0 Å². The van der Waals surface area contributed by atoms with Crippen molar-refractivity contribution in [2.75, 3.05) is 14.2 Å². The molecule has 7 heavy (non-hydrogen) atoms. The van der Waals surface area contributed by atoms with Crippen molar-refractivity contribution >= 4 is 8.60 Å². The molecule has 0 spiro atoms. The molecule has 0 aliphatic rings. The van der Waals surface area contributed by atoms with Crippen LogP contribution in [0.2, 0.25) is 0 Å². The maximum atomic E-state index is 9.88. The molecule has 0 N–H and O–H groups in total. The number of hydrogen-bond donors (Lipinski definition) is 0. The summed E-state index contributed by atoms with van der Waals surface area (Å²) in [6.07, 6.45) is 0. The van der Waals surface area contributed by atoms with E-state index in [0.29, 0.717) is 0 Å². The summed E-state index contributed by atoms with van der Waals surface area (Å²) in [5.41, 5.74) is 0. The summed E-state index contributed by atoms with van der Waals surface area (Å²) in [4.78, 5) is 9.88. The fraction of sp³-hybridized carbons (Fsp3) is 1.00. The van der Waals surface area contributed by atoms with Gasteiger partial charge in [-0.1, -0.05) is 0 Å². The Kier molecular flexibility index (Phi) is 10.7. The fourth-order valence-electron chi connectivity index (χ4n) is 0.0745. The molecule has 0 unspecified atom stereocenters. The van der Waals surface area contributed by atoms with Crippen LogP contribution in [0.5, 0.6) is 0 Å². The van der Waals surface area contributed by atoms with E-state index >= 15 is 0 Å². The second kappa shape index (κ2) is 6.91. The van der Waals surface area contributed by atoms with Crippen LogP contribution in [-0.2, 0) is 9.05 Å². The van der Waals surface area contributed by atoms with Crippen LogP contribution in [0.15, 0.2) is 0 Å². The van der Waals surface area contributed by atoms with Crippen LogP contribution in [0, 0.1) is 0 Å². The van der Waals surface area contributed by atoms with E-state index in [1.165, 1.54) is 14.2 Å². The third-order valence-corrected chi connectivity index (χ3v) is 0.894. The molecule has 0 aliphatic carbocycles. The molecule has 38 valence electrons. The van der Waals surface area contributed by atoms with Gasteiger partial charge in [0.2, 0.25) is 0 Å². The van der Waals surface area contributed by atoms with Gasteiger partial charge in [-0.2, -0.15) is 0 Å². The van der Waals surface area contributed by atoms with Crippen LogP contribution in [0.1, 0.15) is 0 Å². The second-order valence-corrected chi connectivity index (χ2v) is 1.77. The van der Waals surface area contributed by atoms with Crippen molar-refractivity contribution < 1.29 is 32.8 Å². The number of hydrogen-bond acceptors (Lipinski definition) is 3. The predicted octanol–water partition coefficient (Wildman–Crippen LogP) is -3.13. The first kappa shape index (κ1) is 10.8. The monoisotopic (exact) mass is 116 g/mol. The minimum Gasteiger partial charge on any atom is -0.786 e. The molecule has 0 rings (SSSR count). The van der Waals surface area contributed by atoms with Crippen molar-refractivity contribution in [3.05, 3.63) is 0 Å². The molecule has 0 saturated carbocycles. The van der Waals surface area contributed by atoms with Crippen LogP contribution in [0.25, 0.3) is 0 Å². The zero-order valence-electron chi connectivity index (χ0n) is 4.67. The van der Waals surface area contributed by atoms with Crippen molar-refractivity contribution in [3.8, 4) is 0 Å². The van der Waals surface area contributed by atoms with Gasteiger partial charge in [-0.05, 0) is 0 Å². The van der Waals surface area contributed by atoms with Crippen molar-refractivity contribution in [1.82, 2.24) is 0 Å². The zero-order chi connectivity index (χ0) is 4.99. The maximum absolute atomic E-state index is 9.88. The standard InChI is InChI=1S/C2H6O3P.Li/c1-4-6(3)5-2;/h1-2H3;/q-1;+1. The van der Waals surface area contributed by atoms with Crippen molar-refractivity contribution in [1.29, 1.82) is 0 Å². The van der Waals surface area contributed by atoms with Crippen LogP contribution in [0.4, 0.5) is 0 Å². The van der Waals surface area contributed by atoms with E-state index in [4.69, 9.17) is 0 Å². The van der Waals surface area contributed by atoms with Crippen LogP contribution < -0.4 is 23.8 Å². The van der Waals surface area contributed by atoms with E-state index in [1.807, 2.05) is 0 Å². The van der Waals surface area contributed by atoms with Crippen molar-refractivity contribution in [2.45, 2.75) is 0 Å². The predicted molar refractivity (Wildman–Crippen MR) is 20.9 cm³/mol. The minimum absolute atomic E-state index is 0. The van der Waals surface area contributed by atoms with Crippen LogP contribution in [0.3, 0.4) is 0 Å². The molecule has 3 nitrogen and oxygen atoms in total. The number of rotatable bonds is 2. The molecule has 0 bridgehead atoms. The Balaban J connectivity index is 0. The van der Waals surface area contributed by atoms with Gasteiger partial charge in [-0.3, -0.25) is 0 Å². The molecule has 0 aromatic carbocycles. The van der Waals surface area contributed by atoms with Gasteiger partial charge in [0.1, 0.15) is 0 Å². The zero-order valence-corrected chi connectivity index (χ0v) is 5.57. The summed E-state index contributed by atoms with van der Waals surface area (Å²) in [7, 11) is 0.817. The van der Waals surface area contributed by atoms with E-state index < -0.39 is 8.60 Å². The molecule has 0 fully saturated rings. The van der Waals surface area contributed by atoms with Gasteiger partial charge in [-0.25, -0.2) is 0 Å². The summed E-state index contributed by atoms with van der Waals surface area (Å²) in [6, 6.07) is 0. The van der Waals surface area contributed by atoms with E-state index in [0.717, 1.165) is 0 Å². The third kappa shape index (κ3) is 6.91. The Morgan fingerprint density at radius 2 is 1.57 bits per heavy atom. The van der Waals surface area contributed by atoms with Gasteiger partial charge >= 0.3 is 18.9 Å². The van der Waals surface area contributed by atoms with Crippen LogP contribution >= 0.6 is 8.60 Å². The minimum atomic E-state index is -1.83. The van der Waals surface area contributed by atoms with Gasteiger partial charge in [0.05, 0.1) is 8.60 Å². The first-order valence-corrected chi connectivity index (χ1v) is 2.46. The molecule has 0 atom stereocenters. The molecule has 0 saturated heterocycles. The Bertz CT molecular complexity index is 32.1. The summed E-state index contributed by atoms with van der Waals surface area (Å²) < 4.78 is 8.37. The first-order chi connectivity index (χ1) is 2.81. The Hall–Kier alpha value is 0.907. The molecular formula is C2H6LiO3P. The quantitative estimate of drug-likeness (QED) is 0.283. The van der Waals surface area contributed by atoms with Gasteiger partial charge in [-0.15, -0.1) is 0 Å². The topological polar surface area (TPSA) is 41.5 Å². The van der Waals surface area contributed by atoms with Gasteiger partial charge < -0.3 is 13.9 Å². The fourth-order valence-corrected chi connectivity index (χ4v) is 0.224. The molecule has 0 heterocycles. The summed E-state index contributed by atoms with van der Waals surface area (Å²) in [6.45, 7) is 0. The molecule has 0 radical (unpaired) electrons. The summed E-state index contributed by atoms with van der Waals surface area (Å²) in [5.74, 6) is 0. The van der Waals surface area contributed by atoms with Gasteiger partial charge in [0.25, 0.3) is 0 Å². The van der Waals surface area contributed by atoms with Crippen molar-refractivity contribution in [3.63, 3.8) is 0 Å². The molecule has 0 aliphatic heterocycles. The van der Waals surface area contributed by atoms with Gasteiger partial charge in [0.15, 0.2) is 0 Å². The average Bonchev–Trinajstić information content (AvgIpc) is 1.65. The molecule has 0 aromatic rings. The molecule has 0 amide bonds.